The Hall–Kier alpha value is -2.66. The highest BCUT2D eigenvalue weighted by Crippen LogP contribution is 2.15. The first-order valence-electron chi connectivity index (χ1n) is 6.66. The van der Waals surface area contributed by atoms with Crippen molar-refractivity contribution in [3.63, 3.8) is 0 Å². The van der Waals surface area contributed by atoms with Crippen molar-refractivity contribution in [1.82, 2.24) is 15.5 Å². The van der Waals surface area contributed by atoms with Gasteiger partial charge in [0.1, 0.15) is 0 Å². The van der Waals surface area contributed by atoms with Gasteiger partial charge in [0, 0.05) is 5.39 Å². The average Bonchev–Trinajstić information content (AvgIpc) is 2.55. The maximum Gasteiger partial charge on any atom is 0.272 e. The number of halogens is 1. The van der Waals surface area contributed by atoms with Crippen molar-refractivity contribution in [3.8, 4) is 0 Å². The standard InChI is InChI=1S/C16H12ClN3O2/c17-13-8-4-3-7-12(13)15(21)18-9-14-10-5-1-2-6-11(10)16(22)20-19-14/h1-8H,9H2,(H,18,21)(H,20,22). The fourth-order valence-electron chi connectivity index (χ4n) is 2.21. The zero-order valence-corrected chi connectivity index (χ0v) is 12.2. The molecule has 2 N–H and O–H groups in total. The molecule has 3 aromatic rings. The van der Waals surface area contributed by atoms with E-state index in [0.29, 0.717) is 27.1 Å². The van der Waals surface area contributed by atoms with Crippen LogP contribution in [0.2, 0.25) is 5.02 Å². The number of benzene rings is 2. The molecule has 0 aliphatic rings. The number of nitrogens with zero attached hydrogens (tertiary/aromatic N) is 1. The molecule has 0 fully saturated rings. The average molecular weight is 314 g/mol. The fraction of sp³-hybridized carbons (Fsp3) is 0.0625. The van der Waals surface area contributed by atoms with E-state index in [-0.39, 0.29) is 18.0 Å². The summed E-state index contributed by atoms with van der Waals surface area (Å²) in [4.78, 5) is 23.9. The Balaban J connectivity index is 1.86. The van der Waals surface area contributed by atoms with Gasteiger partial charge in [-0.15, -0.1) is 0 Å². The molecule has 22 heavy (non-hydrogen) atoms. The number of hydrogen-bond acceptors (Lipinski definition) is 3. The largest absolute Gasteiger partial charge is 0.346 e. The molecule has 110 valence electrons. The lowest BCUT2D eigenvalue weighted by molar-refractivity contribution is 0.0950. The van der Waals surface area contributed by atoms with E-state index in [1.165, 1.54) is 0 Å². The summed E-state index contributed by atoms with van der Waals surface area (Å²) in [5.74, 6) is -0.289. The minimum absolute atomic E-state index is 0.196. The second-order valence-electron chi connectivity index (χ2n) is 4.71. The van der Waals surface area contributed by atoms with Crippen LogP contribution in [0.25, 0.3) is 10.8 Å². The first kappa shape index (κ1) is 14.3. The molecule has 0 unspecified atom stereocenters. The lowest BCUT2D eigenvalue weighted by Gasteiger charge is -2.08. The van der Waals surface area contributed by atoms with E-state index >= 15 is 0 Å². The van der Waals surface area contributed by atoms with Gasteiger partial charge in [0.25, 0.3) is 11.5 Å². The third-order valence-corrected chi connectivity index (χ3v) is 3.64. The molecule has 0 saturated carbocycles. The summed E-state index contributed by atoms with van der Waals surface area (Å²) < 4.78 is 0. The molecule has 1 amide bonds. The quantitative estimate of drug-likeness (QED) is 0.780. The van der Waals surface area contributed by atoms with Crippen LogP contribution in [0.15, 0.2) is 53.3 Å². The van der Waals surface area contributed by atoms with Crippen LogP contribution in [-0.2, 0) is 6.54 Å². The first-order chi connectivity index (χ1) is 10.7. The van der Waals surface area contributed by atoms with E-state index in [1.807, 2.05) is 6.07 Å². The molecular formula is C16H12ClN3O2. The molecule has 0 spiro atoms. The van der Waals surface area contributed by atoms with E-state index < -0.39 is 0 Å². The van der Waals surface area contributed by atoms with Crippen LogP contribution in [0.3, 0.4) is 0 Å². The van der Waals surface area contributed by atoms with Crippen LogP contribution in [0.1, 0.15) is 16.1 Å². The number of amides is 1. The van der Waals surface area contributed by atoms with Gasteiger partial charge in [-0.05, 0) is 18.2 Å². The third kappa shape index (κ3) is 2.71. The van der Waals surface area contributed by atoms with Gasteiger partial charge in [-0.25, -0.2) is 5.10 Å². The number of carbonyl (C=O) groups excluding carboxylic acids is 1. The molecule has 3 rings (SSSR count). The monoisotopic (exact) mass is 313 g/mol. The van der Waals surface area contributed by atoms with Gasteiger partial charge >= 0.3 is 0 Å². The van der Waals surface area contributed by atoms with Crippen LogP contribution in [0, 0.1) is 0 Å². The number of fused-ring (bicyclic) bond motifs is 1. The molecule has 1 aromatic heterocycles. The second kappa shape index (κ2) is 5.99. The Morgan fingerprint density at radius 3 is 2.55 bits per heavy atom. The summed E-state index contributed by atoms with van der Waals surface area (Å²) in [6.45, 7) is 0.196. The topological polar surface area (TPSA) is 74.8 Å². The molecule has 0 atom stereocenters. The van der Waals surface area contributed by atoms with Gasteiger partial charge in [-0.3, -0.25) is 9.59 Å². The van der Waals surface area contributed by atoms with Gasteiger partial charge in [0.15, 0.2) is 0 Å². The lowest BCUT2D eigenvalue weighted by Crippen LogP contribution is -2.25. The normalized spacial score (nSPS) is 10.6. The fourth-order valence-corrected chi connectivity index (χ4v) is 2.43. The van der Waals surface area contributed by atoms with Crippen molar-refractivity contribution < 1.29 is 4.79 Å². The SMILES string of the molecule is O=C(NCc1n[nH]c(=O)c2ccccc12)c1ccccc1Cl. The summed E-state index contributed by atoms with van der Waals surface area (Å²) in [6, 6.07) is 13.9. The third-order valence-electron chi connectivity index (χ3n) is 3.31. The number of aromatic nitrogens is 2. The van der Waals surface area contributed by atoms with E-state index in [0.717, 1.165) is 0 Å². The molecule has 0 aliphatic carbocycles. The number of H-pyrrole nitrogens is 1. The van der Waals surface area contributed by atoms with E-state index in [1.54, 1.807) is 42.5 Å². The number of rotatable bonds is 3. The molecule has 6 heteroatoms. The van der Waals surface area contributed by atoms with Gasteiger partial charge in [-0.2, -0.15) is 5.10 Å². The summed E-state index contributed by atoms with van der Waals surface area (Å²) in [6.07, 6.45) is 0. The van der Waals surface area contributed by atoms with Crippen molar-refractivity contribution in [1.29, 1.82) is 0 Å². The van der Waals surface area contributed by atoms with E-state index in [9.17, 15) is 9.59 Å². The smallest absolute Gasteiger partial charge is 0.272 e. The molecular weight excluding hydrogens is 302 g/mol. The van der Waals surface area contributed by atoms with Gasteiger partial charge in [0.05, 0.1) is 28.2 Å². The predicted octanol–water partition coefficient (Wildman–Crippen LogP) is 2.51. The van der Waals surface area contributed by atoms with Gasteiger partial charge < -0.3 is 5.32 Å². The maximum absolute atomic E-state index is 12.1. The number of carbonyl (C=O) groups is 1. The van der Waals surface area contributed by atoms with Gasteiger partial charge in [0.2, 0.25) is 0 Å². The van der Waals surface area contributed by atoms with Crippen molar-refractivity contribution >= 4 is 28.3 Å². The number of aromatic amines is 1. The Labute approximate surface area is 130 Å². The van der Waals surface area contributed by atoms with Gasteiger partial charge in [-0.1, -0.05) is 41.9 Å². The molecule has 0 aliphatic heterocycles. The Kier molecular flexibility index (Phi) is 3.89. The summed E-state index contributed by atoms with van der Waals surface area (Å²) >= 11 is 5.99. The first-order valence-corrected chi connectivity index (χ1v) is 7.03. The second-order valence-corrected chi connectivity index (χ2v) is 5.11. The zero-order chi connectivity index (χ0) is 15.5. The summed E-state index contributed by atoms with van der Waals surface area (Å²) in [7, 11) is 0. The Bertz CT molecular complexity index is 905. The summed E-state index contributed by atoms with van der Waals surface area (Å²) in [5.41, 5.74) is 0.741. The molecule has 0 saturated heterocycles. The van der Waals surface area contributed by atoms with Crippen molar-refractivity contribution in [2.75, 3.05) is 0 Å². The minimum atomic E-state index is -0.289. The molecule has 0 radical (unpaired) electrons. The predicted molar refractivity (Wildman–Crippen MR) is 85.0 cm³/mol. The lowest BCUT2D eigenvalue weighted by atomic mass is 10.1. The highest BCUT2D eigenvalue weighted by Gasteiger charge is 2.11. The molecule has 5 nitrogen and oxygen atoms in total. The van der Waals surface area contributed by atoms with Crippen LogP contribution >= 0.6 is 11.6 Å². The van der Waals surface area contributed by atoms with Crippen LogP contribution < -0.4 is 10.9 Å². The van der Waals surface area contributed by atoms with Crippen molar-refractivity contribution in [3.05, 3.63) is 75.2 Å². The summed E-state index contributed by atoms with van der Waals surface area (Å²) in [5, 5.41) is 10.8. The van der Waals surface area contributed by atoms with Crippen LogP contribution in [0.5, 0.6) is 0 Å². The van der Waals surface area contributed by atoms with E-state index in [4.69, 9.17) is 11.6 Å². The maximum atomic E-state index is 12.1. The molecule has 1 heterocycles. The molecule has 0 bridgehead atoms. The Morgan fingerprint density at radius 1 is 1.09 bits per heavy atom. The minimum Gasteiger partial charge on any atom is -0.346 e. The van der Waals surface area contributed by atoms with Crippen molar-refractivity contribution in [2.45, 2.75) is 6.54 Å². The molecule has 2 aromatic carbocycles. The Morgan fingerprint density at radius 2 is 1.77 bits per heavy atom. The highest BCUT2D eigenvalue weighted by molar-refractivity contribution is 6.33. The van der Waals surface area contributed by atoms with Crippen molar-refractivity contribution in [2.24, 2.45) is 0 Å². The highest BCUT2D eigenvalue weighted by atomic mass is 35.5. The van der Waals surface area contributed by atoms with E-state index in [2.05, 4.69) is 15.5 Å². The number of nitrogens with one attached hydrogen (secondary N) is 2. The van der Waals surface area contributed by atoms with Crippen LogP contribution in [0.4, 0.5) is 0 Å². The zero-order valence-electron chi connectivity index (χ0n) is 11.5. The number of hydrogen-bond donors (Lipinski definition) is 2. The van der Waals surface area contributed by atoms with Crippen LogP contribution in [-0.4, -0.2) is 16.1 Å².